The third-order valence-electron chi connectivity index (χ3n) is 4.79. The van der Waals surface area contributed by atoms with E-state index in [1.54, 1.807) is 0 Å². The summed E-state index contributed by atoms with van der Waals surface area (Å²) in [6, 6.07) is 0. The van der Waals surface area contributed by atoms with E-state index in [1.165, 1.54) is 38.5 Å². The molecule has 0 spiro atoms. The molecule has 0 aromatic carbocycles. The summed E-state index contributed by atoms with van der Waals surface area (Å²) in [5.41, 5.74) is 0. The zero-order valence-corrected chi connectivity index (χ0v) is 11.2. The van der Waals surface area contributed by atoms with Crippen LogP contribution < -0.4 is 0 Å². The summed E-state index contributed by atoms with van der Waals surface area (Å²) >= 11 is 0. The van der Waals surface area contributed by atoms with Crippen molar-refractivity contribution in [1.82, 2.24) is 0 Å². The molecule has 1 saturated carbocycles. The van der Waals surface area contributed by atoms with E-state index >= 15 is 0 Å². The van der Waals surface area contributed by atoms with Gasteiger partial charge in [-0.3, -0.25) is 0 Å². The second kappa shape index (κ2) is 5.73. The molecule has 2 bridgehead atoms. The zero-order valence-electron chi connectivity index (χ0n) is 11.2. The predicted octanol–water partition coefficient (Wildman–Crippen LogP) is 5.06. The van der Waals surface area contributed by atoms with Gasteiger partial charge < -0.3 is 0 Å². The average molecular weight is 240 g/mol. The minimum atomic E-state index is 0.925. The Bertz CT molecular complexity index is 357. The zero-order chi connectivity index (χ0) is 12.2. The van der Waals surface area contributed by atoms with Gasteiger partial charge in [0.2, 0.25) is 0 Å². The van der Waals surface area contributed by atoms with Crippen molar-refractivity contribution in [2.24, 2.45) is 23.7 Å². The fourth-order valence-corrected chi connectivity index (χ4v) is 3.83. The monoisotopic (exact) mass is 240 g/mol. The lowest BCUT2D eigenvalue weighted by molar-refractivity contribution is 0.398. The van der Waals surface area contributed by atoms with Crippen molar-refractivity contribution >= 4 is 0 Å². The van der Waals surface area contributed by atoms with Crippen molar-refractivity contribution in [2.45, 2.75) is 38.5 Å². The van der Waals surface area contributed by atoms with Gasteiger partial charge in [0.15, 0.2) is 0 Å². The molecule has 0 aromatic heterocycles. The number of rotatable bonds is 0. The maximum absolute atomic E-state index is 2.44. The van der Waals surface area contributed by atoms with E-state index in [-0.39, 0.29) is 0 Å². The second-order valence-electron chi connectivity index (χ2n) is 5.95. The molecule has 0 heterocycles. The smallest absolute Gasteiger partial charge is 0.0133 e. The molecule has 4 rings (SSSR count). The van der Waals surface area contributed by atoms with Crippen molar-refractivity contribution in [3.8, 4) is 0 Å². The van der Waals surface area contributed by atoms with E-state index in [0.29, 0.717) is 0 Å². The van der Waals surface area contributed by atoms with Crippen LogP contribution in [0.25, 0.3) is 0 Å². The van der Waals surface area contributed by atoms with Crippen LogP contribution in [0, 0.1) is 23.7 Å². The first-order valence-corrected chi connectivity index (χ1v) is 7.60. The molecular weight excluding hydrogens is 216 g/mol. The maximum atomic E-state index is 2.44. The number of hydrogen-bond acceptors (Lipinski definition) is 0. The van der Waals surface area contributed by atoms with Crippen molar-refractivity contribution < 1.29 is 0 Å². The summed E-state index contributed by atoms with van der Waals surface area (Å²) in [4.78, 5) is 0. The van der Waals surface area contributed by atoms with Crippen LogP contribution in [0.15, 0.2) is 48.6 Å². The maximum Gasteiger partial charge on any atom is -0.0133 e. The largest absolute Gasteiger partial charge is 0.0882 e. The molecule has 4 unspecified atom stereocenters. The van der Waals surface area contributed by atoms with Gasteiger partial charge in [0.1, 0.15) is 0 Å². The van der Waals surface area contributed by atoms with E-state index in [9.17, 15) is 0 Å². The Hall–Kier alpha value is -1.04. The van der Waals surface area contributed by atoms with Crippen LogP contribution in [0.1, 0.15) is 38.5 Å². The highest BCUT2D eigenvalue weighted by molar-refractivity contribution is 5.21. The van der Waals surface area contributed by atoms with Gasteiger partial charge in [-0.15, -0.1) is 0 Å². The molecule has 0 amide bonds. The number of allylic oxidation sites excluding steroid dienone is 8. The lowest BCUT2D eigenvalue weighted by Gasteiger charge is -2.18. The fourth-order valence-electron chi connectivity index (χ4n) is 3.83. The van der Waals surface area contributed by atoms with Gasteiger partial charge >= 0.3 is 0 Å². The summed E-state index contributed by atoms with van der Waals surface area (Å²) in [5.74, 6) is 3.82. The Morgan fingerprint density at radius 3 is 1.83 bits per heavy atom. The first-order chi connectivity index (χ1) is 8.95. The summed E-state index contributed by atoms with van der Waals surface area (Å²) in [6.45, 7) is 0. The molecule has 0 aliphatic heterocycles. The first kappa shape index (κ1) is 12.0. The van der Waals surface area contributed by atoms with Crippen molar-refractivity contribution in [2.75, 3.05) is 0 Å². The average Bonchev–Trinajstić information content (AvgIpc) is 3.03. The van der Waals surface area contributed by atoms with Gasteiger partial charge in [-0.1, -0.05) is 48.6 Å². The molecule has 4 aliphatic carbocycles. The molecule has 0 nitrogen and oxygen atoms in total. The lowest BCUT2D eigenvalue weighted by atomic mass is 9.86. The van der Waals surface area contributed by atoms with Crippen LogP contribution in [0.2, 0.25) is 0 Å². The van der Waals surface area contributed by atoms with Gasteiger partial charge in [0, 0.05) is 0 Å². The van der Waals surface area contributed by atoms with Crippen molar-refractivity contribution in [1.29, 1.82) is 0 Å². The highest BCUT2D eigenvalue weighted by Gasteiger charge is 2.44. The topological polar surface area (TPSA) is 0 Å². The Morgan fingerprint density at radius 1 is 0.611 bits per heavy atom. The summed E-state index contributed by atoms with van der Waals surface area (Å²) in [7, 11) is 0. The molecule has 18 heavy (non-hydrogen) atoms. The number of fused-ring (bicyclic) bond motifs is 5. The Morgan fingerprint density at radius 2 is 1.22 bits per heavy atom. The van der Waals surface area contributed by atoms with Crippen LogP contribution in [-0.4, -0.2) is 0 Å². The third-order valence-corrected chi connectivity index (χ3v) is 4.79. The van der Waals surface area contributed by atoms with Gasteiger partial charge in [0.05, 0.1) is 0 Å². The Balaban J connectivity index is 0.000000115. The predicted molar refractivity (Wildman–Crippen MR) is 78.2 cm³/mol. The first-order valence-electron chi connectivity index (χ1n) is 7.60. The highest BCUT2D eigenvalue weighted by Crippen LogP contribution is 2.52. The molecule has 0 heteroatoms. The van der Waals surface area contributed by atoms with E-state index in [2.05, 4.69) is 48.6 Å². The molecule has 0 N–H and O–H groups in total. The normalized spacial score (nSPS) is 40.9. The van der Waals surface area contributed by atoms with Crippen molar-refractivity contribution in [3.63, 3.8) is 0 Å². The molecule has 0 saturated heterocycles. The van der Waals surface area contributed by atoms with Crippen LogP contribution in [-0.2, 0) is 0 Å². The highest BCUT2D eigenvalue weighted by atomic mass is 14.5. The minimum absolute atomic E-state index is 0.925. The summed E-state index contributed by atoms with van der Waals surface area (Å²) < 4.78 is 0. The van der Waals surface area contributed by atoms with E-state index in [1.807, 2.05) is 0 Å². The molecule has 0 aromatic rings. The lowest BCUT2D eigenvalue weighted by Crippen LogP contribution is -2.12. The fraction of sp³-hybridized carbons (Fsp3) is 0.556. The van der Waals surface area contributed by atoms with E-state index in [0.717, 1.165) is 23.7 Å². The minimum Gasteiger partial charge on any atom is -0.0882 e. The summed E-state index contributed by atoms with van der Waals surface area (Å²) in [6.07, 6.45) is 26.5. The molecule has 4 aliphatic rings. The SMILES string of the molecule is C1=CC2C3C=CC(C3)C2C1.C1=CCC/C=C\CC1. The van der Waals surface area contributed by atoms with Gasteiger partial charge in [-0.2, -0.15) is 0 Å². The van der Waals surface area contributed by atoms with E-state index < -0.39 is 0 Å². The van der Waals surface area contributed by atoms with Crippen LogP contribution in [0.5, 0.6) is 0 Å². The quantitative estimate of drug-likeness (QED) is 0.519. The Labute approximate surface area is 111 Å². The number of hydrogen-bond donors (Lipinski definition) is 0. The van der Waals surface area contributed by atoms with E-state index in [4.69, 9.17) is 0 Å². The van der Waals surface area contributed by atoms with Crippen LogP contribution in [0.3, 0.4) is 0 Å². The molecule has 4 atom stereocenters. The van der Waals surface area contributed by atoms with Gasteiger partial charge in [-0.25, -0.2) is 0 Å². The second-order valence-corrected chi connectivity index (χ2v) is 5.95. The van der Waals surface area contributed by atoms with Gasteiger partial charge in [-0.05, 0) is 62.2 Å². The molecule has 96 valence electrons. The standard InChI is InChI=1S/C10H12.C8H12/c1-2-9-7-4-5-8(6-7)10(9)3-1;1-2-4-6-8-7-5-3-1/h1-2,4-5,7-10H,3,6H2;1-2,7-8H,3-6H2/b;2-1-,8-7?. The molecular formula is C18H24. The van der Waals surface area contributed by atoms with Crippen LogP contribution in [0.4, 0.5) is 0 Å². The Kier molecular flexibility index (Phi) is 3.83. The molecule has 0 radical (unpaired) electrons. The van der Waals surface area contributed by atoms with Crippen molar-refractivity contribution in [3.05, 3.63) is 48.6 Å². The van der Waals surface area contributed by atoms with Gasteiger partial charge in [0.25, 0.3) is 0 Å². The third kappa shape index (κ3) is 2.53. The van der Waals surface area contributed by atoms with Crippen LogP contribution >= 0.6 is 0 Å². The summed E-state index contributed by atoms with van der Waals surface area (Å²) in [5, 5.41) is 0. The molecule has 1 fully saturated rings.